The molecule has 0 aliphatic carbocycles. The van der Waals surface area contributed by atoms with E-state index in [1.807, 2.05) is 70.5 Å². The highest BCUT2D eigenvalue weighted by Crippen LogP contribution is 2.43. The standard InChI is InChI=1S/C38H51Cl2NO11S3.C25H34Cl2N2O5S.C22H27Cl2NO3S.C6H4Cl2O4S2/c1-41-28-36(35-25-31(39)26-38(40)37(35)29-41)30-8-3-9-32(24-30)53(42,43)21-6-13-50-17-19-52-20-18-51-14-7-23-55(46,47)34-11-4-10-33(27-34)54(44,45)22-5-12-49-16-15-48-2;1-29-17-23(22-15-20(26)16-25(27)24(22)18-29)19-4-2-5-21(14-19)35(30,31)13-3-7-32-9-11-34-12-10-33-8-6-28;1-3-8-28-9-5-10-29(26,27)18-7-4-6-16(11-18)20-14-25(2)15-21-19(20)12-17(23)13-22(21)24;7-13(9,10)5-2-1-3-6(4-5)14(8,11)12/h3-4,8-11,24-27,36H,5-7,12-23,28-29H2,1-2H3;2,4-5,14-16,23H,3,6-13,17-18,28H2,1H3;4,6-7,11-13,20H,3,5,8-10,14-15H2,1-2H3;1-4H. The first-order chi connectivity index (χ1) is 63.1. The number of ether oxygens (including phenoxy) is 9. The zero-order valence-corrected chi connectivity index (χ0v) is 86.4. The van der Waals surface area contributed by atoms with E-state index < -0.39 is 67.3 Å². The Bertz CT molecular complexity index is 5920. The summed E-state index contributed by atoms with van der Waals surface area (Å²) in [6.45, 7) is 13.3. The second-order valence-corrected chi connectivity index (χ2v) is 49.9. The molecule has 3 unspecified atom stereocenters. The molecule has 0 bridgehead atoms. The van der Waals surface area contributed by atoms with Crippen molar-refractivity contribution >= 4 is 158 Å². The van der Waals surface area contributed by atoms with Crippen molar-refractivity contribution in [2.24, 2.45) is 5.73 Å². The molecule has 0 amide bonds. The average molecular weight is 2140 g/mol. The van der Waals surface area contributed by atoms with E-state index in [9.17, 15) is 58.9 Å². The minimum absolute atomic E-state index is 0.0147. The van der Waals surface area contributed by atoms with Crippen LogP contribution in [0.3, 0.4) is 0 Å². The highest BCUT2D eigenvalue weighted by Gasteiger charge is 2.33. The van der Waals surface area contributed by atoms with Gasteiger partial charge in [0.15, 0.2) is 49.2 Å². The first kappa shape index (κ1) is 113. The van der Waals surface area contributed by atoms with E-state index >= 15 is 0 Å². The molecule has 8 aromatic rings. The van der Waals surface area contributed by atoms with Gasteiger partial charge in [0.2, 0.25) is 0 Å². The van der Waals surface area contributed by atoms with Crippen LogP contribution in [0.1, 0.15) is 113 Å². The van der Waals surface area contributed by atoms with Crippen LogP contribution in [0.5, 0.6) is 0 Å². The van der Waals surface area contributed by atoms with Crippen molar-refractivity contribution in [2.45, 2.75) is 117 Å². The summed E-state index contributed by atoms with van der Waals surface area (Å²) < 4.78 is 221. The van der Waals surface area contributed by atoms with E-state index in [-0.39, 0.29) is 130 Å². The van der Waals surface area contributed by atoms with Gasteiger partial charge in [0, 0.05) is 162 Å². The molecule has 3 heterocycles. The number of fused-ring (bicyclic) bond motifs is 3. The largest absolute Gasteiger partial charge is 0.382 e. The summed E-state index contributed by atoms with van der Waals surface area (Å²) in [7, 11) is -7.95. The Balaban J connectivity index is 0.000000239. The van der Waals surface area contributed by atoms with Gasteiger partial charge in [-0.1, -0.05) is 125 Å². The summed E-state index contributed by atoms with van der Waals surface area (Å²) in [6, 6.07) is 42.5. The van der Waals surface area contributed by atoms with Crippen molar-refractivity contribution in [1.82, 2.24) is 14.7 Å². The van der Waals surface area contributed by atoms with Gasteiger partial charge in [-0.15, -0.1) is 0 Å². The summed E-state index contributed by atoms with van der Waals surface area (Å²) in [4.78, 5) is 6.77. The van der Waals surface area contributed by atoms with Gasteiger partial charge in [0.25, 0.3) is 18.1 Å². The molecule has 0 saturated heterocycles. The smallest absolute Gasteiger partial charge is 0.261 e. The molecule has 3 aliphatic rings. The minimum Gasteiger partial charge on any atom is -0.382 e. The number of methoxy groups -OCH3 is 1. The van der Waals surface area contributed by atoms with Gasteiger partial charge < -0.3 is 63.1 Å². The zero-order valence-electron chi connectivity index (χ0n) is 74.7. The van der Waals surface area contributed by atoms with Gasteiger partial charge >= 0.3 is 0 Å². The lowest BCUT2D eigenvalue weighted by atomic mass is 9.85. The number of rotatable bonds is 49. The molecule has 0 spiro atoms. The normalized spacial score (nSPS) is 15.8. The predicted molar refractivity (Wildman–Crippen MR) is 523 cm³/mol. The third-order valence-electron chi connectivity index (χ3n) is 21.3. The maximum absolute atomic E-state index is 13.2. The Kier molecular flexibility index (Phi) is 47.3. The molecule has 42 heteroatoms. The molecule has 0 aromatic heterocycles. The third-order valence-corrected chi connectivity index (χ3v) is 34.6. The third kappa shape index (κ3) is 37.0. The maximum atomic E-state index is 13.2. The summed E-state index contributed by atoms with van der Waals surface area (Å²) in [5, 5.41) is 3.62. The van der Waals surface area contributed by atoms with Crippen LogP contribution in [-0.4, -0.2) is 269 Å². The first-order valence-electron chi connectivity index (χ1n) is 42.9. The molecule has 3 aliphatic heterocycles. The van der Waals surface area contributed by atoms with Crippen LogP contribution in [0, 0.1) is 0 Å². The molecule has 8 aromatic carbocycles. The van der Waals surface area contributed by atoms with Gasteiger partial charge in [-0.05, 0) is 219 Å². The van der Waals surface area contributed by atoms with Gasteiger partial charge in [-0.25, -0.2) is 58.9 Å². The van der Waals surface area contributed by atoms with Gasteiger partial charge in [0.05, 0.1) is 136 Å². The van der Waals surface area contributed by atoms with Crippen LogP contribution < -0.4 is 5.73 Å². The van der Waals surface area contributed by atoms with E-state index in [1.54, 1.807) is 73.8 Å². The minimum atomic E-state index is -3.94. The number of nitrogens with two attached hydrogens (primary N) is 1. The fourth-order valence-electron chi connectivity index (χ4n) is 14.8. The van der Waals surface area contributed by atoms with E-state index in [4.69, 9.17) is 139 Å². The molecule has 0 radical (unpaired) electrons. The number of sulfone groups is 5. The number of nitrogens with zero attached hydrogens (tertiary/aromatic N) is 3. The van der Waals surface area contributed by atoms with Crippen molar-refractivity contribution in [1.29, 1.82) is 0 Å². The Morgan fingerprint density at radius 1 is 0.308 bits per heavy atom. The van der Waals surface area contributed by atoms with Gasteiger partial charge in [-0.3, -0.25) is 0 Å². The molecule has 3 atom stereocenters. The molecule has 0 saturated carbocycles. The Labute approximate surface area is 823 Å². The van der Waals surface area contributed by atoms with E-state index in [1.165, 1.54) is 42.5 Å². The van der Waals surface area contributed by atoms with Crippen LogP contribution in [-0.2, 0) is 130 Å². The summed E-state index contributed by atoms with van der Waals surface area (Å²) in [5.74, 6) is -0.381. The number of halogens is 8. The van der Waals surface area contributed by atoms with E-state index in [0.717, 1.165) is 88.7 Å². The molecule has 11 rings (SSSR count). The molecule has 27 nitrogen and oxygen atoms in total. The van der Waals surface area contributed by atoms with Crippen molar-refractivity contribution in [3.63, 3.8) is 0 Å². The Morgan fingerprint density at radius 2 is 0.541 bits per heavy atom. The van der Waals surface area contributed by atoms with Crippen LogP contribution >= 0.6 is 91.0 Å². The van der Waals surface area contributed by atoms with Crippen molar-refractivity contribution in [3.8, 4) is 0 Å². The fraction of sp³-hybridized carbons (Fsp3) is 0.473. The highest BCUT2D eigenvalue weighted by molar-refractivity contribution is 8.14. The van der Waals surface area contributed by atoms with E-state index in [2.05, 4.69) is 14.7 Å². The molecule has 2 N–H and O–H groups in total. The zero-order chi connectivity index (χ0) is 97.2. The number of hydrogen-bond acceptors (Lipinski definition) is 27. The molecule has 0 fully saturated rings. The second-order valence-electron chi connectivity index (χ2n) is 31.7. The van der Waals surface area contributed by atoms with Crippen LogP contribution in [0.15, 0.2) is 192 Å². The van der Waals surface area contributed by atoms with Crippen molar-refractivity contribution in [3.05, 3.63) is 238 Å². The molecular formula is C91H116Cl8N4O23S7. The monoisotopic (exact) mass is 2140 g/mol. The van der Waals surface area contributed by atoms with Crippen LogP contribution in [0.2, 0.25) is 30.1 Å². The van der Waals surface area contributed by atoms with Crippen LogP contribution in [0.25, 0.3) is 0 Å². The summed E-state index contributed by atoms with van der Waals surface area (Å²) in [6.07, 6.45) is 2.66. The topological polar surface area (TPSA) is 358 Å². The average Bonchev–Trinajstić information content (AvgIpc) is 0.817. The highest BCUT2D eigenvalue weighted by atomic mass is 35.7. The maximum Gasteiger partial charge on any atom is 0.261 e. The second kappa shape index (κ2) is 55.4. The van der Waals surface area contributed by atoms with Gasteiger partial charge in [-0.2, -0.15) is 0 Å². The quantitative estimate of drug-likeness (QED) is 0.0273. The number of hydrogen-bond donors (Lipinski definition) is 1. The molecular weight excluding hydrogens is 2030 g/mol. The lowest BCUT2D eigenvalue weighted by molar-refractivity contribution is 0.0149. The Hall–Kier alpha value is -4.79. The summed E-state index contributed by atoms with van der Waals surface area (Å²) in [5.41, 5.74) is 14.3. The van der Waals surface area contributed by atoms with E-state index in [0.29, 0.717) is 145 Å². The van der Waals surface area contributed by atoms with Crippen molar-refractivity contribution < 1.29 is 102 Å². The lowest BCUT2D eigenvalue weighted by Crippen LogP contribution is -2.31. The molecule has 133 heavy (non-hydrogen) atoms. The SMILES string of the molecule is CCCOCCCS(=O)(=O)c1cccc(C2CN(C)Cc3c(Cl)cc(Cl)cc32)c1.CN1Cc2c(Cl)cc(Cl)cc2C(c2cccc(S(=O)(=O)CCCOCCOCCOCCN)c2)C1.COCCOCCCS(=O)(=O)c1cccc(S(=O)(=O)CCCOCCOCCOCCCS(=O)(=O)c2cccc(C3CN(C)Cc4c(Cl)cc(Cl)cc43)c2)c1.O=S(=O)(Cl)c1cccc(S(=O)(=O)Cl)c1. The van der Waals surface area contributed by atoms with Crippen LogP contribution in [0.4, 0.5) is 0 Å². The summed E-state index contributed by atoms with van der Waals surface area (Å²) >= 11 is 38.3. The number of likely N-dealkylation sites (N-methyl/N-ethyl adjacent to an activating group) is 3. The first-order valence-corrected chi connectivity index (χ1v) is 58.1. The number of benzene rings is 8. The van der Waals surface area contributed by atoms with Gasteiger partial charge in [0.1, 0.15) is 0 Å². The lowest BCUT2D eigenvalue weighted by Gasteiger charge is -2.33. The fourth-order valence-corrected chi connectivity index (χ4v) is 24.9. The molecule has 736 valence electrons. The Morgan fingerprint density at radius 3 is 0.805 bits per heavy atom. The van der Waals surface area contributed by atoms with Crippen molar-refractivity contribution in [2.75, 3.05) is 196 Å². The predicted octanol–water partition coefficient (Wildman–Crippen LogP) is 15.9.